The number of hydrogen-bond donors (Lipinski definition) is 0. The van der Waals surface area contributed by atoms with E-state index >= 15 is 0 Å². The molecule has 0 spiro atoms. The molecule has 3 atom stereocenters. The summed E-state index contributed by atoms with van der Waals surface area (Å²) in [6.07, 6.45) is 2.69. The fourth-order valence-corrected chi connectivity index (χ4v) is 4.88. The van der Waals surface area contributed by atoms with Crippen LogP contribution in [0.5, 0.6) is 0 Å². The first-order chi connectivity index (χ1) is 14.5. The maximum absolute atomic E-state index is 12.6. The highest BCUT2D eigenvalue weighted by molar-refractivity contribution is 5.84. The molecular formula is C26H30N2O2. The summed E-state index contributed by atoms with van der Waals surface area (Å²) in [6.45, 7) is 8.74. The third kappa shape index (κ3) is 3.38. The van der Waals surface area contributed by atoms with Gasteiger partial charge in [0.25, 0.3) is 0 Å². The van der Waals surface area contributed by atoms with E-state index in [1.807, 2.05) is 38.1 Å². The third-order valence-electron chi connectivity index (χ3n) is 6.46. The third-order valence-corrected chi connectivity index (χ3v) is 6.46. The molecule has 0 amide bonds. The van der Waals surface area contributed by atoms with Crippen molar-refractivity contribution in [3.63, 3.8) is 0 Å². The molecule has 4 rings (SSSR count). The quantitative estimate of drug-likeness (QED) is 0.460. The molecule has 0 fully saturated rings. The first-order valence-corrected chi connectivity index (χ1v) is 11.0. The molecule has 1 aliphatic carbocycles. The van der Waals surface area contributed by atoms with Gasteiger partial charge in [0.1, 0.15) is 0 Å². The summed E-state index contributed by atoms with van der Waals surface area (Å²) < 4.78 is 5.36. The van der Waals surface area contributed by atoms with Gasteiger partial charge in [-0.05, 0) is 43.4 Å². The van der Waals surface area contributed by atoms with E-state index in [2.05, 4.69) is 38.1 Å². The lowest BCUT2D eigenvalue weighted by Crippen LogP contribution is -2.33. The lowest BCUT2D eigenvalue weighted by molar-refractivity contribution is -0.148. The number of carbonyl (C=O) groups excluding carboxylic acids is 1. The molecule has 3 aromatic rings. The van der Waals surface area contributed by atoms with Crippen molar-refractivity contribution in [3.05, 3.63) is 59.8 Å². The second-order valence-corrected chi connectivity index (χ2v) is 8.61. The summed E-state index contributed by atoms with van der Waals surface area (Å²) >= 11 is 0. The van der Waals surface area contributed by atoms with Crippen LogP contribution in [0.2, 0.25) is 0 Å². The van der Waals surface area contributed by atoms with Gasteiger partial charge in [0.05, 0.1) is 34.9 Å². The molecule has 0 N–H and O–H groups in total. The number of benzene rings is 2. The topological polar surface area (TPSA) is 52.1 Å². The van der Waals surface area contributed by atoms with Crippen molar-refractivity contribution in [3.8, 4) is 11.3 Å². The molecule has 4 heteroatoms. The molecular weight excluding hydrogens is 372 g/mol. The van der Waals surface area contributed by atoms with E-state index in [9.17, 15) is 4.79 Å². The Bertz CT molecular complexity index is 1080. The average molecular weight is 403 g/mol. The van der Waals surface area contributed by atoms with Gasteiger partial charge in [-0.15, -0.1) is 0 Å². The van der Waals surface area contributed by atoms with E-state index in [1.165, 1.54) is 5.56 Å². The largest absolute Gasteiger partial charge is 0.466 e. The average Bonchev–Trinajstić information content (AvgIpc) is 3.01. The van der Waals surface area contributed by atoms with E-state index in [0.717, 1.165) is 40.8 Å². The van der Waals surface area contributed by atoms with Crippen LogP contribution in [0.1, 0.15) is 58.2 Å². The highest BCUT2D eigenvalue weighted by Gasteiger charge is 2.47. The number of nitrogens with zero attached hydrogens (tertiary/aromatic N) is 2. The highest BCUT2D eigenvalue weighted by Crippen LogP contribution is 2.54. The van der Waals surface area contributed by atoms with Gasteiger partial charge in [-0.25, -0.2) is 9.97 Å². The van der Waals surface area contributed by atoms with Crippen molar-refractivity contribution in [1.29, 1.82) is 0 Å². The zero-order valence-corrected chi connectivity index (χ0v) is 18.3. The van der Waals surface area contributed by atoms with Crippen LogP contribution in [-0.2, 0) is 14.9 Å². The van der Waals surface area contributed by atoms with Crippen molar-refractivity contribution < 1.29 is 9.53 Å². The van der Waals surface area contributed by atoms with Gasteiger partial charge in [0.15, 0.2) is 0 Å². The number of carbonyl (C=O) groups is 1. The number of fused-ring (bicyclic) bond motifs is 4. The molecule has 0 saturated heterocycles. The maximum Gasteiger partial charge on any atom is 0.308 e. The molecule has 2 aromatic carbocycles. The van der Waals surface area contributed by atoms with Crippen LogP contribution in [0.25, 0.3) is 22.3 Å². The number of esters is 1. The molecule has 0 radical (unpaired) electrons. The summed E-state index contributed by atoms with van der Waals surface area (Å²) in [7, 11) is 0. The van der Waals surface area contributed by atoms with Gasteiger partial charge in [-0.2, -0.15) is 0 Å². The number of hydrogen-bond acceptors (Lipinski definition) is 4. The Morgan fingerprint density at radius 1 is 0.967 bits per heavy atom. The van der Waals surface area contributed by atoms with E-state index in [4.69, 9.17) is 14.7 Å². The standard InChI is InChI=1S/C26H30N2O2/c1-5-17(3)15-26(16-18(4)25(29)30-6-2)20-12-8-7-11-19(20)23-24(26)28-22-14-10-9-13-21(22)27-23/h7-14,17-18H,5-6,15-16H2,1-4H3/t17-,18+,26?/m1/s1. The van der Waals surface area contributed by atoms with Gasteiger partial charge in [0.2, 0.25) is 0 Å². The Kier molecular flexibility index (Phi) is 5.59. The Morgan fingerprint density at radius 2 is 1.63 bits per heavy atom. The van der Waals surface area contributed by atoms with Crippen molar-refractivity contribution in [2.45, 2.75) is 52.4 Å². The summed E-state index contributed by atoms with van der Waals surface area (Å²) in [4.78, 5) is 22.8. The Hall–Kier alpha value is -2.75. The van der Waals surface area contributed by atoms with Gasteiger partial charge in [-0.3, -0.25) is 4.79 Å². The molecule has 1 heterocycles. The first-order valence-electron chi connectivity index (χ1n) is 11.0. The van der Waals surface area contributed by atoms with Crippen LogP contribution < -0.4 is 0 Å². The van der Waals surface area contributed by atoms with Crippen LogP contribution in [0.3, 0.4) is 0 Å². The summed E-state index contributed by atoms with van der Waals surface area (Å²) in [5.41, 5.74) is 5.83. The van der Waals surface area contributed by atoms with E-state index in [-0.39, 0.29) is 17.3 Å². The van der Waals surface area contributed by atoms with Crippen molar-refractivity contribution in [2.75, 3.05) is 6.61 Å². The molecule has 0 bridgehead atoms. The maximum atomic E-state index is 12.6. The zero-order valence-electron chi connectivity index (χ0n) is 18.3. The lowest BCUT2D eigenvalue weighted by atomic mass is 9.68. The fraction of sp³-hybridized carbons (Fsp3) is 0.423. The second kappa shape index (κ2) is 8.17. The number of para-hydroxylation sites is 2. The first kappa shape index (κ1) is 20.5. The van der Waals surface area contributed by atoms with Crippen LogP contribution in [0, 0.1) is 11.8 Å². The zero-order chi connectivity index (χ0) is 21.3. The van der Waals surface area contributed by atoms with Crippen LogP contribution in [0.4, 0.5) is 0 Å². The Balaban J connectivity index is 1.94. The molecule has 30 heavy (non-hydrogen) atoms. The van der Waals surface area contributed by atoms with Crippen molar-refractivity contribution in [2.24, 2.45) is 11.8 Å². The molecule has 1 aliphatic rings. The van der Waals surface area contributed by atoms with Crippen molar-refractivity contribution >= 4 is 17.0 Å². The summed E-state index contributed by atoms with van der Waals surface area (Å²) in [5, 5.41) is 0. The van der Waals surface area contributed by atoms with E-state index in [0.29, 0.717) is 18.9 Å². The SMILES string of the molecule is CCOC(=O)[C@@H](C)CC1(C[C@H](C)CC)c2ccccc2-c2nc3ccccc3nc21. The number of rotatable bonds is 7. The lowest BCUT2D eigenvalue weighted by Gasteiger charge is -2.35. The van der Waals surface area contributed by atoms with E-state index in [1.54, 1.807) is 0 Å². The van der Waals surface area contributed by atoms with Crippen LogP contribution in [-0.4, -0.2) is 22.5 Å². The Labute approximate surface area is 178 Å². The summed E-state index contributed by atoms with van der Waals surface area (Å²) in [6, 6.07) is 16.5. The summed E-state index contributed by atoms with van der Waals surface area (Å²) in [5.74, 6) is 0.133. The molecule has 1 unspecified atom stereocenters. The molecule has 1 aromatic heterocycles. The normalized spacial score (nSPS) is 19.2. The molecule has 4 nitrogen and oxygen atoms in total. The number of aromatic nitrogens is 2. The molecule has 0 saturated carbocycles. The smallest absolute Gasteiger partial charge is 0.308 e. The monoisotopic (exact) mass is 402 g/mol. The molecule has 0 aliphatic heterocycles. The second-order valence-electron chi connectivity index (χ2n) is 8.61. The molecule has 156 valence electrons. The van der Waals surface area contributed by atoms with Gasteiger partial charge < -0.3 is 4.74 Å². The van der Waals surface area contributed by atoms with Gasteiger partial charge in [-0.1, -0.05) is 63.6 Å². The minimum atomic E-state index is -0.343. The number of ether oxygens (including phenoxy) is 1. The van der Waals surface area contributed by atoms with Crippen molar-refractivity contribution in [1.82, 2.24) is 9.97 Å². The highest BCUT2D eigenvalue weighted by atomic mass is 16.5. The van der Waals surface area contributed by atoms with Crippen LogP contribution >= 0.6 is 0 Å². The predicted molar refractivity (Wildman–Crippen MR) is 120 cm³/mol. The van der Waals surface area contributed by atoms with Gasteiger partial charge >= 0.3 is 5.97 Å². The fourth-order valence-electron chi connectivity index (χ4n) is 4.88. The predicted octanol–water partition coefficient (Wildman–Crippen LogP) is 5.92. The van der Waals surface area contributed by atoms with E-state index < -0.39 is 0 Å². The van der Waals surface area contributed by atoms with Gasteiger partial charge in [0, 0.05) is 11.0 Å². The van der Waals surface area contributed by atoms with Crippen LogP contribution in [0.15, 0.2) is 48.5 Å². The Morgan fingerprint density at radius 3 is 2.33 bits per heavy atom. The minimum absolute atomic E-state index is 0.138. The minimum Gasteiger partial charge on any atom is -0.466 e.